The summed E-state index contributed by atoms with van der Waals surface area (Å²) in [5, 5.41) is 10.2. The van der Waals surface area contributed by atoms with Gasteiger partial charge in [-0.15, -0.1) is 17.9 Å². The lowest BCUT2D eigenvalue weighted by molar-refractivity contribution is 0.0710. The molecule has 0 atom stereocenters. The lowest BCUT2D eigenvalue weighted by Crippen LogP contribution is -2.18. The summed E-state index contributed by atoms with van der Waals surface area (Å²) in [6.45, 7) is 3.57. The second-order valence-corrected chi connectivity index (χ2v) is 3.12. The standard InChI is InChI=1S/C8H9NO2S/c1-2-3-6-4-5-12-7(6)8(10)9-11/h2,4-5,11H,1,3H2,(H,9,10). The van der Waals surface area contributed by atoms with Crippen molar-refractivity contribution in [3.05, 3.63) is 34.5 Å². The average molecular weight is 183 g/mol. The maximum absolute atomic E-state index is 11.0. The maximum atomic E-state index is 11.0. The summed E-state index contributed by atoms with van der Waals surface area (Å²) in [6, 6.07) is 1.84. The summed E-state index contributed by atoms with van der Waals surface area (Å²) >= 11 is 1.30. The topological polar surface area (TPSA) is 49.3 Å². The average Bonchev–Trinajstić information content (AvgIpc) is 2.52. The second kappa shape index (κ2) is 4.04. The molecule has 0 aliphatic heterocycles. The van der Waals surface area contributed by atoms with Gasteiger partial charge in [-0.3, -0.25) is 10.0 Å². The van der Waals surface area contributed by atoms with Crippen molar-refractivity contribution in [3.63, 3.8) is 0 Å². The van der Waals surface area contributed by atoms with Crippen molar-refractivity contribution in [1.29, 1.82) is 0 Å². The van der Waals surface area contributed by atoms with Crippen LogP contribution >= 0.6 is 11.3 Å². The molecule has 0 unspecified atom stereocenters. The van der Waals surface area contributed by atoms with Gasteiger partial charge in [-0.1, -0.05) is 6.08 Å². The zero-order valence-corrected chi connectivity index (χ0v) is 7.23. The predicted molar refractivity (Wildman–Crippen MR) is 47.5 cm³/mol. The maximum Gasteiger partial charge on any atom is 0.284 e. The Bertz CT molecular complexity index is 293. The number of allylic oxidation sites excluding steroid dienone is 1. The molecule has 0 aliphatic rings. The number of thiophene rings is 1. The molecule has 4 heteroatoms. The van der Waals surface area contributed by atoms with Crippen LogP contribution < -0.4 is 5.48 Å². The van der Waals surface area contributed by atoms with Gasteiger partial charge in [0.15, 0.2) is 0 Å². The van der Waals surface area contributed by atoms with Gasteiger partial charge in [-0.2, -0.15) is 0 Å². The highest BCUT2D eigenvalue weighted by molar-refractivity contribution is 7.12. The quantitative estimate of drug-likeness (QED) is 0.425. The van der Waals surface area contributed by atoms with Gasteiger partial charge in [0.05, 0.1) is 4.88 Å². The van der Waals surface area contributed by atoms with Crippen molar-refractivity contribution < 1.29 is 10.0 Å². The Kier molecular flexibility index (Phi) is 3.01. The van der Waals surface area contributed by atoms with Crippen LogP contribution in [-0.4, -0.2) is 11.1 Å². The van der Waals surface area contributed by atoms with Crippen LogP contribution in [0.2, 0.25) is 0 Å². The van der Waals surface area contributed by atoms with Gasteiger partial charge < -0.3 is 0 Å². The molecule has 2 N–H and O–H groups in total. The van der Waals surface area contributed by atoms with Gasteiger partial charge in [0, 0.05) is 0 Å². The van der Waals surface area contributed by atoms with E-state index in [1.165, 1.54) is 11.3 Å². The van der Waals surface area contributed by atoms with Gasteiger partial charge in [-0.25, -0.2) is 5.48 Å². The van der Waals surface area contributed by atoms with E-state index in [1.807, 2.05) is 11.4 Å². The Hall–Kier alpha value is -1.13. The minimum atomic E-state index is -0.457. The van der Waals surface area contributed by atoms with E-state index in [0.29, 0.717) is 11.3 Å². The number of carbonyl (C=O) groups excluding carboxylic acids is 1. The minimum Gasteiger partial charge on any atom is -0.288 e. The van der Waals surface area contributed by atoms with Crippen molar-refractivity contribution >= 4 is 17.2 Å². The number of amides is 1. The first-order valence-electron chi connectivity index (χ1n) is 3.41. The zero-order chi connectivity index (χ0) is 8.97. The van der Waals surface area contributed by atoms with Crippen LogP contribution in [0.15, 0.2) is 24.1 Å². The fraction of sp³-hybridized carbons (Fsp3) is 0.125. The Balaban J connectivity index is 2.90. The van der Waals surface area contributed by atoms with Crippen LogP contribution in [0.3, 0.4) is 0 Å². The number of hydrogen-bond donors (Lipinski definition) is 2. The van der Waals surface area contributed by atoms with Crippen LogP contribution in [0, 0.1) is 0 Å². The van der Waals surface area contributed by atoms with Crippen LogP contribution in [0.25, 0.3) is 0 Å². The van der Waals surface area contributed by atoms with Gasteiger partial charge in [0.2, 0.25) is 0 Å². The van der Waals surface area contributed by atoms with Crippen molar-refractivity contribution in [1.82, 2.24) is 5.48 Å². The van der Waals surface area contributed by atoms with E-state index in [-0.39, 0.29) is 0 Å². The SMILES string of the molecule is C=CCc1ccsc1C(=O)NO. The highest BCUT2D eigenvalue weighted by Crippen LogP contribution is 2.17. The fourth-order valence-electron chi connectivity index (χ4n) is 0.902. The van der Waals surface area contributed by atoms with Crippen LogP contribution in [0.5, 0.6) is 0 Å². The monoisotopic (exact) mass is 183 g/mol. The van der Waals surface area contributed by atoms with Crippen LogP contribution in [0.1, 0.15) is 15.2 Å². The third-order valence-corrected chi connectivity index (χ3v) is 2.37. The molecule has 1 aromatic heterocycles. The zero-order valence-electron chi connectivity index (χ0n) is 6.41. The molecule has 0 fully saturated rings. The normalized spacial score (nSPS) is 9.42. The molecule has 0 aliphatic carbocycles. The van der Waals surface area contributed by atoms with Gasteiger partial charge >= 0.3 is 0 Å². The van der Waals surface area contributed by atoms with Crippen molar-refractivity contribution in [3.8, 4) is 0 Å². The molecule has 0 bridgehead atoms. The largest absolute Gasteiger partial charge is 0.288 e. The first-order chi connectivity index (χ1) is 5.79. The molecule has 1 heterocycles. The molecule has 0 saturated carbocycles. The minimum absolute atomic E-state index is 0.457. The number of hydroxylamine groups is 1. The second-order valence-electron chi connectivity index (χ2n) is 2.21. The number of carbonyl (C=O) groups is 1. The lowest BCUT2D eigenvalue weighted by Gasteiger charge is -1.97. The molecule has 1 rings (SSSR count). The van der Waals surface area contributed by atoms with Crippen molar-refractivity contribution in [2.75, 3.05) is 0 Å². The Morgan fingerprint density at radius 2 is 2.58 bits per heavy atom. The smallest absolute Gasteiger partial charge is 0.284 e. The third-order valence-electron chi connectivity index (χ3n) is 1.42. The predicted octanol–water partition coefficient (Wildman–Crippen LogP) is 1.60. The number of nitrogens with one attached hydrogen (secondary N) is 1. The van der Waals surface area contributed by atoms with Crippen LogP contribution in [0.4, 0.5) is 0 Å². The number of rotatable bonds is 3. The van der Waals surface area contributed by atoms with Gasteiger partial charge in [0.25, 0.3) is 5.91 Å². The molecule has 3 nitrogen and oxygen atoms in total. The molecule has 0 saturated heterocycles. The first kappa shape index (κ1) is 8.96. The molecule has 0 spiro atoms. The van der Waals surface area contributed by atoms with E-state index in [9.17, 15) is 4.79 Å². The summed E-state index contributed by atoms with van der Waals surface area (Å²) in [4.78, 5) is 11.5. The van der Waals surface area contributed by atoms with E-state index in [0.717, 1.165) is 5.56 Å². The Morgan fingerprint density at radius 3 is 3.17 bits per heavy atom. The molecule has 12 heavy (non-hydrogen) atoms. The summed E-state index contributed by atoms with van der Waals surface area (Å²) in [5.74, 6) is -0.457. The molecule has 1 amide bonds. The van der Waals surface area contributed by atoms with Gasteiger partial charge in [0.1, 0.15) is 0 Å². The number of hydrogen-bond acceptors (Lipinski definition) is 3. The van der Waals surface area contributed by atoms with E-state index in [2.05, 4.69) is 6.58 Å². The summed E-state index contributed by atoms with van der Waals surface area (Å²) < 4.78 is 0. The third kappa shape index (κ3) is 1.72. The highest BCUT2D eigenvalue weighted by atomic mass is 32.1. The molecule has 64 valence electrons. The summed E-state index contributed by atoms with van der Waals surface area (Å²) in [7, 11) is 0. The van der Waals surface area contributed by atoms with E-state index >= 15 is 0 Å². The van der Waals surface area contributed by atoms with E-state index < -0.39 is 5.91 Å². The first-order valence-corrected chi connectivity index (χ1v) is 4.29. The van der Waals surface area contributed by atoms with E-state index in [4.69, 9.17) is 5.21 Å². The summed E-state index contributed by atoms with van der Waals surface area (Å²) in [5.41, 5.74) is 2.49. The van der Waals surface area contributed by atoms with Crippen LogP contribution in [-0.2, 0) is 6.42 Å². The summed E-state index contributed by atoms with van der Waals surface area (Å²) in [6.07, 6.45) is 2.36. The molecule has 0 radical (unpaired) electrons. The fourth-order valence-corrected chi connectivity index (χ4v) is 1.73. The molecular formula is C8H9NO2S. The lowest BCUT2D eigenvalue weighted by atomic mass is 10.2. The highest BCUT2D eigenvalue weighted by Gasteiger charge is 2.10. The van der Waals surface area contributed by atoms with Crippen molar-refractivity contribution in [2.24, 2.45) is 0 Å². The Morgan fingerprint density at radius 1 is 1.83 bits per heavy atom. The van der Waals surface area contributed by atoms with E-state index in [1.54, 1.807) is 11.6 Å². The molecule has 0 aromatic carbocycles. The Labute approximate surface area is 74.3 Å². The molecular weight excluding hydrogens is 174 g/mol. The van der Waals surface area contributed by atoms with Crippen molar-refractivity contribution in [2.45, 2.75) is 6.42 Å². The van der Waals surface area contributed by atoms with Gasteiger partial charge in [-0.05, 0) is 23.4 Å². The molecule has 1 aromatic rings.